The van der Waals surface area contributed by atoms with Gasteiger partial charge in [-0.2, -0.15) is 0 Å². The predicted molar refractivity (Wildman–Crippen MR) is 139 cm³/mol. The largest absolute Gasteiger partial charge is 0.382 e. The summed E-state index contributed by atoms with van der Waals surface area (Å²) in [6.07, 6.45) is 2.41. The van der Waals surface area contributed by atoms with Gasteiger partial charge in [-0.25, -0.2) is 4.39 Å². The molecule has 2 aliphatic heterocycles. The summed E-state index contributed by atoms with van der Waals surface area (Å²) >= 11 is 0. The van der Waals surface area contributed by atoms with Gasteiger partial charge in [-0.1, -0.05) is 66.7 Å². The quantitative estimate of drug-likeness (QED) is 0.455. The molecular weight excluding hydrogens is 471 g/mol. The van der Waals surface area contributed by atoms with Crippen LogP contribution in [0.3, 0.4) is 0 Å². The van der Waals surface area contributed by atoms with Crippen molar-refractivity contribution in [1.29, 1.82) is 0 Å². The Morgan fingerprint density at radius 1 is 1.22 bits per heavy atom. The number of aromatic nitrogens is 3. The number of alkyl halides is 1. The Hall–Kier alpha value is -3.36. The van der Waals surface area contributed by atoms with E-state index in [-0.39, 0.29) is 5.91 Å². The van der Waals surface area contributed by atoms with Crippen LogP contribution < -0.4 is 4.90 Å². The topological polar surface area (TPSA) is 80.5 Å². The first-order valence-corrected chi connectivity index (χ1v) is 12.7. The molecule has 0 unspecified atom stereocenters. The molecule has 7 nitrogen and oxygen atoms in total. The molecule has 1 amide bonds. The average molecular weight is 505 g/mol. The molecule has 0 radical (unpaired) electrons. The number of para-hydroxylation sites is 1. The lowest BCUT2D eigenvalue weighted by molar-refractivity contribution is -0.146. The molecule has 1 fully saturated rings. The van der Waals surface area contributed by atoms with E-state index in [0.29, 0.717) is 25.2 Å². The molecule has 37 heavy (non-hydrogen) atoms. The van der Waals surface area contributed by atoms with Gasteiger partial charge in [0.1, 0.15) is 17.5 Å². The van der Waals surface area contributed by atoms with Gasteiger partial charge in [0.15, 0.2) is 5.60 Å². The number of aliphatic hydroxyl groups excluding tert-OH is 1. The zero-order valence-electron chi connectivity index (χ0n) is 21.4. The number of ether oxygens (including phenoxy) is 1. The summed E-state index contributed by atoms with van der Waals surface area (Å²) < 4.78 is 24.0. The van der Waals surface area contributed by atoms with Crippen molar-refractivity contribution in [2.24, 2.45) is 11.8 Å². The lowest BCUT2D eigenvalue weighted by Crippen LogP contribution is -2.45. The number of aryl methyl sites for hydroxylation is 1. The highest BCUT2D eigenvalue weighted by atomic mass is 19.1. The molecule has 3 aromatic rings. The molecule has 0 aliphatic carbocycles. The third-order valence-electron chi connectivity index (χ3n) is 7.77. The van der Waals surface area contributed by atoms with E-state index in [4.69, 9.17) is 4.74 Å². The average Bonchev–Trinajstić information content (AvgIpc) is 3.54. The van der Waals surface area contributed by atoms with E-state index >= 15 is 4.39 Å². The molecule has 8 heteroatoms. The van der Waals surface area contributed by atoms with Crippen LogP contribution in [0, 0.1) is 11.8 Å². The second kappa shape index (κ2) is 9.50. The number of aliphatic hydroxyl groups is 1. The number of hydrogen-bond acceptors (Lipinski definition) is 5. The predicted octanol–water partition coefficient (Wildman–Crippen LogP) is 4.58. The summed E-state index contributed by atoms with van der Waals surface area (Å²) in [4.78, 5) is 15.5. The van der Waals surface area contributed by atoms with Gasteiger partial charge < -0.3 is 14.7 Å². The number of nitrogens with zero attached hydrogens (tertiary/aromatic N) is 4. The Balaban J connectivity index is 1.41. The van der Waals surface area contributed by atoms with Crippen LogP contribution in [0.2, 0.25) is 0 Å². The van der Waals surface area contributed by atoms with Crippen molar-refractivity contribution in [1.82, 2.24) is 15.0 Å². The maximum atomic E-state index is 15.7. The minimum atomic E-state index is -1.58. The molecule has 1 aromatic heterocycles. The summed E-state index contributed by atoms with van der Waals surface area (Å²) in [5.74, 6) is -1.09. The smallest absolute Gasteiger partial charge is 0.264 e. The Morgan fingerprint density at radius 2 is 1.92 bits per heavy atom. The molecule has 194 valence electrons. The fourth-order valence-corrected chi connectivity index (χ4v) is 6.20. The molecule has 3 heterocycles. The highest BCUT2D eigenvalue weighted by Gasteiger charge is 2.65. The van der Waals surface area contributed by atoms with Crippen molar-refractivity contribution in [3.8, 4) is 0 Å². The number of anilines is 1. The number of halogens is 1. The molecule has 0 saturated carbocycles. The molecule has 1 N–H and O–H groups in total. The van der Waals surface area contributed by atoms with Gasteiger partial charge >= 0.3 is 0 Å². The first-order valence-electron chi connectivity index (χ1n) is 12.7. The molecule has 5 rings (SSSR count). The highest BCUT2D eigenvalue weighted by molar-refractivity contribution is 6.07. The van der Waals surface area contributed by atoms with E-state index in [2.05, 4.69) is 16.9 Å². The second-order valence-electron chi connectivity index (χ2n) is 10.5. The molecule has 2 aromatic carbocycles. The minimum absolute atomic E-state index is 0.174. The van der Waals surface area contributed by atoms with Crippen molar-refractivity contribution in [3.63, 3.8) is 0 Å². The number of benzene rings is 2. The third kappa shape index (κ3) is 4.18. The van der Waals surface area contributed by atoms with Crippen LogP contribution in [0.1, 0.15) is 50.1 Å². The normalized spacial score (nSPS) is 26.0. The van der Waals surface area contributed by atoms with Crippen LogP contribution >= 0.6 is 0 Å². The van der Waals surface area contributed by atoms with Gasteiger partial charge in [0.25, 0.3) is 5.91 Å². The summed E-state index contributed by atoms with van der Waals surface area (Å²) in [7, 11) is 0. The first-order chi connectivity index (χ1) is 17.7. The summed E-state index contributed by atoms with van der Waals surface area (Å²) in [6.45, 7) is 9.59. The molecular formula is C29H33FN4O3. The molecule has 2 aliphatic rings. The number of amides is 1. The van der Waals surface area contributed by atoms with Gasteiger partial charge in [-0.3, -0.25) is 9.48 Å². The van der Waals surface area contributed by atoms with Crippen LogP contribution in [0.4, 0.5) is 10.1 Å². The molecule has 0 bridgehead atoms. The van der Waals surface area contributed by atoms with E-state index in [1.165, 1.54) is 0 Å². The maximum absolute atomic E-state index is 15.7. The van der Waals surface area contributed by atoms with E-state index in [1.54, 1.807) is 35.7 Å². The fourth-order valence-electron chi connectivity index (χ4n) is 6.20. The van der Waals surface area contributed by atoms with E-state index in [0.717, 1.165) is 16.8 Å². The van der Waals surface area contributed by atoms with Crippen LogP contribution in [-0.4, -0.2) is 44.3 Å². The SMILES string of the molecule is C=CCN1C(=O)[C@]2(O[C@H](CCn3cc([C@H](O)c4ccccc4)nn3)[C@@H](C(C)(C)F)[C@@H]2C)c2ccccc21. The Labute approximate surface area is 216 Å². The molecule has 5 atom stereocenters. The summed E-state index contributed by atoms with van der Waals surface area (Å²) in [5, 5.41) is 19.0. The van der Waals surface area contributed by atoms with Gasteiger partial charge in [0.05, 0.1) is 18.0 Å². The number of carbonyl (C=O) groups is 1. The highest BCUT2D eigenvalue weighted by Crippen LogP contribution is 2.58. The van der Waals surface area contributed by atoms with E-state index < -0.39 is 35.3 Å². The lowest BCUT2D eigenvalue weighted by atomic mass is 9.71. The van der Waals surface area contributed by atoms with Crippen molar-refractivity contribution in [2.75, 3.05) is 11.4 Å². The number of carbonyl (C=O) groups excluding carboxylic acids is 1. The number of fused-ring (bicyclic) bond motifs is 2. The van der Waals surface area contributed by atoms with Crippen molar-refractivity contribution in [3.05, 3.63) is 90.3 Å². The van der Waals surface area contributed by atoms with E-state index in [9.17, 15) is 9.90 Å². The van der Waals surface area contributed by atoms with Gasteiger partial charge in [0.2, 0.25) is 0 Å². The van der Waals surface area contributed by atoms with Crippen LogP contribution in [0.25, 0.3) is 0 Å². The number of rotatable bonds is 8. The Kier molecular flexibility index (Phi) is 6.50. The van der Waals surface area contributed by atoms with Crippen LogP contribution in [-0.2, 0) is 21.7 Å². The molecule has 1 saturated heterocycles. The van der Waals surface area contributed by atoms with Crippen molar-refractivity contribution in [2.45, 2.75) is 57.2 Å². The fraction of sp³-hybridized carbons (Fsp3) is 0.414. The second-order valence-corrected chi connectivity index (χ2v) is 10.5. The zero-order chi connectivity index (χ0) is 26.4. The zero-order valence-corrected chi connectivity index (χ0v) is 21.4. The minimum Gasteiger partial charge on any atom is -0.382 e. The van der Waals surface area contributed by atoms with Gasteiger partial charge in [-0.05, 0) is 31.9 Å². The summed E-state index contributed by atoms with van der Waals surface area (Å²) in [6, 6.07) is 16.8. The monoisotopic (exact) mass is 504 g/mol. The van der Waals surface area contributed by atoms with Gasteiger partial charge in [-0.15, -0.1) is 11.7 Å². The number of hydrogen-bond donors (Lipinski definition) is 1. The maximum Gasteiger partial charge on any atom is 0.264 e. The molecule has 1 spiro atoms. The standard InChI is InChI=1S/C29H33FN4O3/c1-5-16-34-23-14-10-9-13-21(23)29(27(34)36)19(2)25(28(3,4)30)24(37-29)15-17-33-18-22(31-32-33)26(35)20-11-7-6-8-12-20/h5-14,18-19,24-26,35H,1,15-17H2,2-4H3/t19-,24+,25-,26+,29+/m0/s1. The van der Waals surface area contributed by atoms with Crippen molar-refractivity contribution < 1.29 is 19.0 Å². The van der Waals surface area contributed by atoms with Crippen LogP contribution in [0.15, 0.2) is 73.4 Å². The Bertz CT molecular complexity index is 1290. The third-order valence-corrected chi connectivity index (χ3v) is 7.77. The summed E-state index contributed by atoms with van der Waals surface area (Å²) in [5.41, 5.74) is -0.107. The van der Waals surface area contributed by atoms with E-state index in [1.807, 2.05) is 61.5 Å². The lowest BCUT2D eigenvalue weighted by Gasteiger charge is -2.32. The first kappa shape index (κ1) is 25.3. The van der Waals surface area contributed by atoms with Crippen molar-refractivity contribution >= 4 is 11.6 Å². The van der Waals surface area contributed by atoms with Gasteiger partial charge in [0, 0.05) is 30.5 Å². The van der Waals surface area contributed by atoms with Crippen LogP contribution in [0.5, 0.6) is 0 Å². The Morgan fingerprint density at radius 3 is 2.62 bits per heavy atom.